The number of ether oxygens (including phenoxy) is 1. The Morgan fingerprint density at radius 1 is 1.50 bits per heavy atom. The quantitative estimate of drug-likeness (QED) is 0.663. The molecule has 0 aromatic heterocycles. The summed E-state index contributed by atoms with van der Waals surface area (Å²) in [6, 6.07) is 0. The molecule has 0 spiro atoms. The van der Waals surface area contributed by atoms with Gasteiger partial charge in [0.2, 0.25) is 10.0 Å². The van der Waals surface area contributed by atoms with Gasteiger partial charge in [0.1, 0.15) is 0 Å². The molecule has 1 atom stereocenters. The normalized spacial score (nSPS) is 22.2. The Balaban J connectivity index is 0.00000289. The van der Waals surface area contributed by atoms with E-state index in [-0.39, 0.29) is 44.1 Å². The van der Waals surface area contributed by atoms with E-state index >= 15 is 0 Å². The van der Waals surface area contributed by atoms with Crippen LogP contribution < -0.4 is 0 Å². The molecule has 1 rings (SSSR count). The second-order valence-electron chi connectivity index (χ2n) is 4.67. The Hall–Kier alpha value is 0.934. The average molecular weight is 352 g/mol. The molecule has 105 valence electrons. The monoisotopic (exact) mass is 352 g/mol. The molecule has 18 heavy (non-hydrogen) atoms. The van der Waals surface area contributed by atoms with Crippen molar-refractivity contribution in [3.63, 3.8) is 0 Å². The number of nitrogens with zero attached hydrogens (tertiary/aromatic N) is 2. The van der Waals surface area contributed by atoms with Crippen molar-refractivity contribution in [3.05, 3.63) is 6.92 Å². The molecule has 1 heterocycles. The molecule has 1 radical (unpaired) electrons. The van der Waals surface area contributed by atoms with Crippen molar-refractivity contribution in [1.82, 2.24) is 9.21 Å². The minimum atomic E-state index is -3.18. The fourth-order valence-corrected chi connectivity index (χ4v) is 2.94. The number of morpholine rings is 1. The van der Waals surface area contributed by atoms with Crippen LogP contribution in [0.15, 0.2) is 0 Å². The van der Waals surface area contributed by atoms with Crippen molar-refractivity contribution in [2.24, 2.45) is 0 Å². The summed E-state index contributed by atoms with van der Waals surface area (Å²) in [5.74, 6) is 0. The molecule has 0 bridgehead atoms. The molecule has 0 aromatic carbocycles. The van der Waals surface area contributed by atoms with E-state index in [2.05, 4.69) is 11.8 Å². The van der Waals surface area contributed by atoms with E-state index in [1.807, 2.05) is 0 Å². The van der Waals surface area contributed by atoms with Crippen LogP contribution in [0.25, 0.3) is 0 Å². The van der Waals surface area contributed by atoms with Gasteiger partial charge < -0.3 is 16.6 Å². The summed E-state index contributed by atoms with van der Waals surface area (Å²) in [5.41, 5.74) is 0. The van der Waals surface area contributed by atoms with Crippen LogP contribution in [0.3, 0.4) is 0 Å². The number of likely N-dealkylation sites (N-methyl/N-ethyl adjacent to an activating group) is 1. The van der Waals surface area contributed by atoms with Crippen LogP contribution in [0.2, 0.25) is 0 Å². The zero-order chi connectivity index (χ0) is 13.1. The second-order valence-corrected chi connectivity index (χ2v) is 7.26. The van der Waals surface area contributed by atoms with Gasteiger partial charge in [0.05, 0.1) is 18.0 Å². The number of hydrogen-bond donors (Lipinski definition) is 0. The Labute approximate surface area is 136 Å². The van der Waals surface area contributed by atoms with Crippen molar-refractivity contribution in [3.8, 4) is 0 Å². The van der Waals surface area contributed by atoms with E-state index < -0.39 is 10.0 Å². The van der Waals surface area contributed by atoms with Crippen LogP contribution in [-0.4, -0.2) is 68.8 Å². The summed E-state index contributed by atoms with van der Waals surface area (Å²) in [7, 11) is -1.57. The van der Waals surface area contributed by atoms with Crippen molar-refractivity contribution in [2.45, 2.75) is 25.2 Å². The van der Waals surface area contributed by atoms with Crippen molar-refractivity contribution in [2.75, 3.05) is 39.8 Å². The molecule has 0 amide bonds. The van der Waals surface area contributed by atoms with Gasteiger partial charge in [0.15, 0.2) is 0 Å². The van der Waals surface area contributed by atoms with Gasteiger partial charge in [-0.3, -0.25) is 0 Å². The number of rotatable bonds is 5. The van der Waals surface area contributed by atoms with Crippen molar-refractivity contribution < 1.29 is 45.9 Å². The van der Waals surface area contributed by atoms with E-state index in [9.17, 15) is 8.42 Å². The van der Waals surface area contributed by atoms with E-state index in [0.29, 0.717) is 13.2 Å². The fraction of sp³-hybridized carbons (Fsp3) is 0.909. The zero-order valence-electron chi connectivity index (χ0n) is 11.5. The minimum Gasteiger partial charge on any atom is -0.374 e. The molecule has 1 aliphatic rings. The van der Waals surface area contributed by atoms with Crippen LogP contribution in [0.4, 0.5) is 0 Å². The van der Waals surface area contributed by atoms with Gasteiger partial charge in [0.25, 0.3) is 0 Å². The first-order valence-electron chi connectivity index (χ1n) is 5.96. The summed E-state index contributed by atoms with van der Waals surface area (Å²) in [4.78, 5) is 2.17. The summed E-state index contributed by atoms with van der Waals surface area (Å²) in [6.45, 7) is 10.6. The van der Waals surface area contributed by atoms with E-state index in [4.69, 9.17) is 4.74 Å². The molecular formula is C11H23N2O3SY-. The molecular weight excluding hydrogens is 329 g/mol. The predicted octanol–water partition coefficient (Wildman–Crippen LogP) is 0.189. The minimum absolute atomic E-state index is 0. The van der Waals surface area contributed by atoms with Crippen LogP contribution >= 0.6 is 0 Å². The molecule has 5 nitrogen and oxygen atoms in total. The maximum absolute atomic E-state index is 11.9. The maximum atomic E-state index is 11.9. The third-order valence-electron chi connectivity index (χ3n) is 3.03. The zero-order valence-corrected chi connectivity index (χ0v) is 15.2. The summed E-state index contributed by atoms with van der Waals surface area (Å²) in [6.07, 6.45) is -0.0518. The average Bonchev–Trinajstić information content (AvgIpc) is 2.29. The van der Waals surface area contributed by atoms with Crippen LogP contribution in [-0.2, 0) is 47.5 Å². The molecule has 0 aliphatic carbocycles. The first-order chi connectivity index (χ1) is 7.87. The molecule has 1 aliphatic heterocycles. The Morgan fingerprint density at radius 2 is 2.11 bits per heavy atom. The third-order valence-corrected chi connectivity index (χ3v) is 5.24. The molecule has 1 fully saturated rings. The SMILES string of the molecule is [CH2-]CN1CCOC(CN(C)S(=O)(=O)C(C)C)C1.[Y]. The topological polar surface area (TPSA) is 49.9 Å². The van der Waals surface area contributed by atoms with Gasteiger partial charge in [-0.2, -0.15) is 0 Å². The van der Waals surface area contributed by atoms with Gasteiger partial charge in [-0.05, 0) is 13.8 Å². The van der Waals surface area contributed by atoms with Gasteiger partial charge in [-0.25, -0.2) is 12.7 Å². The maximum Gasteiger partial charge on any atom is 0.216 e. The van der Waals surface area contributed by atoms with Crippen molar-refractivity contribution >= 4 is 10.0 Å². The molecule has 7 heteroatoms. The molecule has 1 saturated heterocycles. The number of sulfonamides is 1. The first kappa shape index (κ1) is 18.9. The van der Waals surface area contributed by atoms with Crippen LogP contribution in [0.5, 0.6) is 0 Å². The van der Waals surface area contributed by atoms with Gasteiger partial charge in [-0.1, -0.05) is 0 Å². The summed E-state index contributed by atoms with van der Waals surface area (Å²) in [5, 5.41) is -0.389. The third kappa shape index (κ3) is 5.14. The van der Waals surface area contributed by atoms with Crippen LogP contribution in [0, 0.1) is 6.92 Å². The molecule has 0 aromatic rings. The van der Waals surface area contributed by atoms with Crippen LogP contribution in [0.1, 0.15) is 13.8 Å². The summed E-state index contributed by atoms with van der Waals surface area (Å²) >= 11 is 0. The predicted molar refractivity (Wildman–Crippen MR) is 68.2 cm³/mol. The second kappa shape index (κ2) is 8.27. The number of hydrogen-bond acceptors (Lipinski definition) is 4. The first-order valence-corrected chi connectivity index (χ1v) is 7.46. The largest absolute Gasteiger partial charge is 0.374 e. The van der Waals surface area contributed by atoms with Gasteiger partial charge in [-0.15, -0.1) is 6.54 Å². The smallest absolute Gasteiger partial charge is 0.216 e. The standard InChI is InChI=1S/C11H23N2O3S.Y/c1-5-13-6-7-16-11(9-13)8-12(4)17(14,15)10(2)3;/h10-11H,1,5-9H2,2-4H3;/q-1;. The Kier molecular flexibility index (Phi) is 8.70. The Morgan fingerprint density at radius 3 is 2.61 bits per heavy atom. The van der Waals surface area contributed by atoms with Gasteiger partial charge in [0, 0.05) is 59.4 Å². The molecule has 0 N–H and O–H groups in total. The Bertz CT molecular complexity index is 335. The van der Waals surface area contributed by atoms with E-state index in [1.165, 1.54) is 4.31 Å². The van der Waals surface area contributed by atoms with Gasteiger partial charge >= 0.3 is 0 Å². The van der Waals surface area contributed by atoms with E-state index in [1.54, 1.807) is 20.9 Å². The van der Waals surface area contributed by atoms with Crippen molar-refractivity contribution in [1.29, 1.82) is 0 Å². The molecule has 0 saturated carbocycles. The van der Waals surface area contributed by atoms with E-state index in [0.717, 1.165) is 19.6 Å². The summed E-state index contributed by atoms with van der Waals surface area (Å²) < 4.78 is 30.8. The fourth-order valence-electron chi connectivity index (χ4n) is 1.84. The molecule has 1 unspecified atom stereocenters.